The van der Waals surface area contributed by atoms with Gasteiger partial charge < -0.3 is 0 Å². The van der Waals surface area contributed by atoms with Gasteiger partial charge in [-0.05, 0) is 0 Å². The molecule has 0 spiro atoms. The van der Waals surface area contributed by atoms with E-state index in [1.807, 2.05) is 0 Å². The Morgan fingerprint density at radius 3 is 1.28 bits per heavy atom. The first-order valence-corrected chi connectivity index (χ1v) is 5.22. The first-order chi connectivity index (χ1) is 7.46. The van der Waals surface area contributed by atoms with Crippen molar-refractivity contribution >= 4 is 9.84 Å². The Morgan fingerprint density at radius 1 is 0.722 bits per heavy atom. The molecule has 0 heterocycles. The summed E-state index contributed by atoms with van der Waals surface area (Å²) in [4.78, 5) is 0. The Balaban J connectivity index is 5.67. The predicted octanol–water partition coefficient (Wildman–Crippen LogP) is 2.75. The first-order valence-electron chi connectivity index (χ1n) is 3.57. The van der Waals surface area contributed by atoms with Crippen molar-refractivity contribution < 1.29 is 52.3 Å². The maximum atomic E-state index is 12.4. The summed E-state index contributed by atoms with van der Waals surface area (Å²) in [5.74, 6) is -10.6. The lowest BCUT2D eigenvalue weighted by Gasteiger charge is -2.27. The molecule has 0 aliphatic rings. The minimum atomic E-state index is -7.13. The standard InChI is InChI=1S/C5H2F10O2S/c6-2(7,8)1-18(16,17)5(14,15)3(9,10)4(11,12)13/h1H2. The van der Waals surface area contributed by atoms with Crippen LogP contribution in [0.2, 0.25) is 0 Å². The Labute approximate surface area is 92.5 Å². The van der Waals surface area contributed by atoms with Gasteiger partial charge in [0.1, 0.15) is 0 Å². The van der Waals surface area contributed by atoms with E-state index in [0.29, 0.717) is 0 Å². The quantitative estimate of drug-likeness (QED) is 0.750. The molecule has 0 fully saturated rings. The van der Waals surface area contributed by atoms with Crippen LogP contribution in [0.4, 0.5) is 43.9 Å². The molecule has 18 heavy (non-hydrogen) atoms. The van der Waals surface area contributed by atoms with Gasteiger partial charge >= 0.3 is 23.5 Å². The van der Waals surface area contributed by atoms with Crippen molar-refractivity contribution in [1.82, 2.24) is 0 Å². The van der Waals surface area contributed by atoms with Crippen molar-refractivity contribution in [3.63, 3.8) is 0 Å². The third kappa shape index (κ3) is 2.98. The first kappa shape index (κ1) is 17.2. The summed E-state index contributed by atoms with van der Waals surface area (Å²) in [6, 6.07) is 0. The summed E-state index contributed by atoms with van der Waals surface area (Å²) in [6.45, 7) is 0. The van der Waals surface area contributed by atoms with Gasteiger partial charge in [-0.2, -0.15) is 43.9 Å². The Bertz CT molecular complexity index is 401. The van der Waals surface area contributed by atoms with Gasteiger partial charge in [0.05, 0.1) is 0 Å². The number of hydrogen-bond donors (Lipinski definition) is 0. The molecule has 0 N–H and O–H groups in total. The van der Waals surface area contributed by atoms with Gasteiger partial charge in [-0.3, -0.25) is 0 Å². The fourth-order valence-corrected chi connectivity index (χ4v) is 1.78. The minimum Gasteiger partial charge on any atom is -0.222 e. The number of halogens is 10. The summed E-state index contributed by atoms with van der Waals surface area (Å²) >= 11 is 0. The summed E-state index contributed by atoms with van der Waals surface area (Å²) in [5.41, 5.74) is 0. The van der Waals surface area contributed by atoms with E-state index in [-0.39, 0.29) is 0 Å². The van der Waals surface area contributed by atoms with Gasteiger partial charge in [-0.25, -0.2) is 8.42 Å². The predicted molar refractivity (Wildman–Crippen MR) is 35.8 cm³/mol. The zero-order chi connectivity index (χ0) is 15.2. The van der Waals surface area contributed by atoms with Crippen molar-refractivity contribution in [3.05, 3.63) is 0 Å². The van der Waals surface area contributed by atoms with Gasteiger partial charge in [0, 0.05) is 0 Å². The fourth-order valence-electron chi connectivity index (χ4n) is 0.666. The van der Waals surface area contributed by atoms with E-state index < -0.39 is 39.1 Å². The minimum absolute atomic E-state index is 3.50. The second-order valence-corrected chi connectivity index (χ2v) is 4.99. The average Bonchev–Trinajstić information content (AvgIpc) is 1.95. The smallest absolute Gasteiger partial charge is 0.222 e. The Kier molecular flexibility index (Phi) is 3.96. The number of alkyl halides is 10. The third-order valence-corrected chi connectivity index (χ3v) is 3.21. The van der Waals surface area contributed by atoms with Crippen LogP contribution in [0.1, 0.15) is 0 Å². The highest BCUT2D eigenvalue weighted by molar-refractivity contribution is 7.92. The summed E-state index contributed by atoms with van der Waals surface area (Å²) in [7, 11) is -7.09. The van der Waals surface area contributed by atoms with Gasteiger partial charge in [0.15, 0.2) is 5.75 Å². The number of rotatable bonds is 3. The Morgan fingerprint density at radius 2 is 1.06 bits per heavy atom. The van der Waals surface area contributed by atoms with Crippen LogP contribution in [0.25, 0.3) is 0 Å². The van der Waals surface area contributed by atoms with Crippen LogP contribution in [0.5, 0.6) is 0 Å². The largest absolute Gasteiger partial charge is 0.461 e. The van der Waals surface area contributed by atoms with E-state index >= 15 is 0 Å². The van der Waals surface area contributed by atoms with Crippen molar-refractivity contribution in [1.29, 1.82) is 0 Å². The molecule has 0 rings (SSSR count). The molecule has 0 amide bonds. The van der Waals surface area contributed by atoms with Crippen molar-refractivity contribution in [2.24, 2.45) is 0 Å². The molecule has 0 atom stereocenters. The highest BCUT2D eigenvalue weighted by Crippen LogP contribution is 2.49. The van der Waals surface area contributed by atoms with Crippen LogP contribution in [0.15, 0.2) is 0 Å². The van der Waals surface area contributed by atoms with E-state index in [2.05, 4.69) is 0 Å². The summed E-state index contributed by atoms with van der Waals surface area (Å²) < 4.78 is 139. The zero-order valence-corrected chi connectivity index (χ0v) is 8.53. The van der Waals surface area contributed by atoms with Crippen LogP contribution < -0.4 is 0 Å². The lowest BCUT2D eigenvalue weighted by molar-refractivity contribution is -0.332. The normalized spacial score (nSPS) is 15.9. The van der Waals surface area contributed by atoms with Crippen molar-refractivity contribution in [2.45, 2.75) is 23.5 Å². The van der Waals surface area contributed by atoms with Gasteiger partial charge in [-0.1, -0.05) is 0 Å². The van der Waals surface area contributed by atoms with E-state index in [1.165, 1.54) is 0 Å². The van der Waals surface area contributed by atoms with Gasteiger partial charge in [0.2, 0.25) is 9.84 Å². The lowest BCUT2D eigenvalue weighted by atomic mass is 10.3. The maximum Gasteiger partial charge on any atom is 0.461 e. The van der Waals surface area contributed by atoms with E-state index in [9.17, 15) is 52.3 Å². The van der Waals surface area contributed by atoms with Gasteiger partial charge in [-0.15, -0.1) is 0 Å². The SMILES string of the molecule is O=S(=O)(CC(F)(F)F)C(F)(F)C(F)(F)C(F)(F)F. The molecule has 0 aromatic rings. The van der Waals surface area contributed by atoms with Crippen LogP contribution >= 0.6 is 0 Å². The molecule has 2 nitrogen and oxygen atoms in total. The molecule has 0 saturated carbocycles. The third-order valence-electron chi connectivity index (χ3n) is 1.47. The number of hydrogen-bond acceptors (Lipinski definition) is 2. The topological polar surface area (TPSA) is 34.1 Å². The van der Waals surface area contributed by atoms with Crippen LogP contribution in [-0.2, 0) is 9.84 Å². The highest BCUT2D eigenvalue weighted by atomic mass is 32.2. The summed E-state index contributed by atoms with van der Waals surface area (Å²) in [5, 5.41) is -6.92. The lowest BCUT2D eigenvalue weighted by Crippen LogP contribution is -2.57. The van der Waals surface area contributed by atoms with E-state index in [0.717, 1.165) is 0 Å². The molecule has 13 heteroatoms. The zero-order valence-electron chi connectivity index (χ0n) is 7.71. The van der Waals surface area contributed by atoms with E-state index in [4.69, 9.17) is 0 Å². The van der Waals surface area contributed by atoms with Crippen LogP contribution in [0.3, 0.4) is 0 Å². The molecule has 0 saturated heterocycles. The molecular formula is C5H2F10O2S. The molecule has 0 unspecified atom stereocenters. The molecule has 0 radical (unpaired) electrons. The molecule has 0 aromatic carbocycles. The number of sulfone groups is 1. The maximum absolute atomic E-state index is 12.4. The molecule has 110 valence electrons. The summed E-state index contributed by atoms with van der Waals surface area (Å²) in [6.07, 6.45) is -12.9. The monoisotopic (exact) mass is 316 g/mol. The van der Waals surface area contributed by atoms with Crippen molar-refractivity contribution in [3.8, 4) is 0 Å². The van der Waals surface area contributed by atoms with Crippen LogP contribution in [-0.4, -0.2) is 37.7 Å². The van der Waals surface area contributed by atoms with Gasteiger partial charge in [0.25, 0.3) is 0 Å². The second-order valence-electron chi connectivity index (χ2n) is 2.96. The van der Waals surface area contributed by atoms with Crippen LogP contribution in [0, 0.1) is 0 Å². The highest BCUT2D eigenvalue weighted by Gasteiger charge is 2.79. The molecule has 0 aromatic heterocycles. The fraction of sp³-hybridized carbons (Fsp3) is 1.00. The molecule has 0 bridgehead atoms. The van der Waals surface area contributed by atoms with E-state index in [1.54, 1.807) is 0 Å². The molecular weight excluding hydrogens is 314 g/mol. The average molecular weight is 316 g/mol. The second kappa shape index (κ2) is 4.13. The Hall–Kier alpha value is -0.750. The molecule has 0 aliphatic heterocycles. The van der Waals surface area contributed by atoms with Crippen molar-refractivity contribution in [2.75, 3.05) is 5.75 Å². The molecule has 0 aliphatic carbocycles.